The Morgan fingerprint density at radius 1 is 0.889 bits per heavy atom. The van der Waals surface area contributed by atoms with Gasteiger partial charge < -0.3 is 4.40 Å². The van der Waals surface area contributed by atoms with Crippen molar-refractivity contribution in [3.8, 4) is 11.3 Å². The molecular weight excluding hydrogens is 220 g/mol. The van der Waals surface area contributed by atoms with E-state index in [1.807, 2.05) is 0 Å². The summed E-state index contributed by atoms with van der Waals surface area (Å²) in [7, 11) is 0. The molecule has 0 fully saturated rings. The highest BCUT2D eigenvalue weighted by molar-refractivity contribution is 5.66. The molecule has 0 amide bonds. The molecule has 0 saturated carbocycles. The lowest BCUT2D eigenvalue weighted by atomic mass is 10.1. The van der Waals surface area contributed by atoms with Crippen LogP contribution in [0.25, 0.3) is 16.9 Å². The maximum absolute atomic E-state index is 4.74. The zero-order chi connectivity index (χ0) is 12.7. The van der Waals surface area contributed by atoms with Crippen molar-refractivity contribution in [1.82, 2.24) is 9.38 Å². The van der Waals surface area contributed by atoms with E-state index in [-0.39, 0.29) is 0 Å². The molecule has 2 nitrogen and oxygen atoms in total. The van der Waals surface area contributed by atoms with E-state index in [0.717, 1.165) is 11.3 Å². The molecule has 0 saturated heterocycles. The van der Waals surface area contributed by atoms with Gasteiger partial charge in [-0.3, -0.25) is 0 Å². The minimum absolute atomic E-state index is 1.02. The van der Waals surface area contributed by atoms with Crippen LogP contribution in [0.5, 0.6) is 0 Å². The fourth-order valence-electron chi connectivity index (χ4n) is 2.41. The average Bonchev–Trinajstić information content (AvgIpc) is 2.69. The maximum atomic E-state index is 4.74. The van der Waals surface area contributed by atoms with Crippen LogP contribution in [-0.4, -0.2) is 9.38 Å². The molecule has 2 heterocycles. The summed E-state index contributed by atoms with van der Waals surface area (Å²) in [4.78, 5) is 4.74. The van der Waals surface area contributed by atoms with Gasteiger partial charge in [-0.2, -0.15) is 0 Å². The molecule has 2 aromatic heterocycles. The van der Waals surface area contributed by atoms with Crippen molar-refractivity contribution in [2.24, 2.45) is 0 Å². The van der Waals surface area contributed by atoms with Gasteiger partial charge in [0.25, 0.3) is 0 Å². The highest BCUT2D eigenvalue weighted by Gasteiger charge is 2.10. The van der Waals surface area contributed by atoms with Gasteiger partial charge in [0.1, 0.15) is 5.65 Å². The van der Waals surface area contributed by atoms with Crippen molar-refractivity contribution in [2.75, 3.05) is 0 Å². The molecule has 2 heteroatoms. The van der Waals surface area contributed by atoms with Crippen LogP contribution in [0.2, 0.25) is 0 Å². The maximum Gasteiger partial charge on any atom is 0.137 e. The zero-order valence-corrected chi connectivity index (χ0v) is 10.9. The molecule has 3 rings (SSSR count). The van der Waals surface area contributed by atoms with E-state index >= 15 is 0 Å². The smallest absolute Gasteiger partial charge is 0.137 e. The van der Waals surface area contributed by atoms with Crippen LogP contribution < -0.4 is 0 Å². The molecule has 0 aliphatic carbocycles. The molecule has 0 aliphatic rings. The number of hydrogen-bond acceptors (Lipinski definition) is 1. The van der Waals surface area contributed by atoms with Gasteiger partial charge in [-0.15, -0.1) is 0 Å². The summed E-state index contributed by atoms with van der Waals surface area (Å²) >= 11 is 0. The Hall–Kier alpha value is -2.09. The van der Waals surface area contributed by atoms with Gasteiger partial charge >= 0.3 is 0 Å². The number of fused-ring (bicyclic) bond motifs is 1. The van der Waals surface area contributed by atoms with Crippen molar-refractivity contribution in [3.63, 3.8) is 0 Å². The standard InChI is InChI=1S/C16H16N2/c1-11-7-9-14(10-8-11)16-13(3)18-12(2)5-4-6-15(18)17-16/h4-10H,1-3H3. The summed E-state index contributed by atoms with van der Waals surface area (Å²) in [5.74, 6) is 0. The van der Waals surface area contributed by atoms with Crippen LogP contribution in [-0.2, 0) is 0 Å². The number of hydrogen-bond donors (Lipinski definition) is 0. The first kappa shape index (κ1) is 11.0. The first-order valence-electron chi connectivity index (χ1n) is 6.18. The highest BCUT2D eigenvalue weighted by atomic mass is 15.0. The Kier molecular flexibility index (Phi) is 2.44. The predicted molar refractivity (Wildman–Crippen MR) is 74.8 cm³/mol. The summed E-state index contributed by atoms with van der Waals surface area (Å²) in [6, 6.07) is 14.8. The van der Waals surface area contributed by atoms with Crippen LogP contribution in [0.4, 0.5) is 0 Å². The molecule has 0 bridgehead atoms. The van der Waals surface area contributed by atoms with Crippen LogP contribution in [0.3, 0.4) is 0 Å². The highest BCUT2D eigenvalue weighted by Crippen LogP contribution is 2.24. The van der Waals surface area contributed by atoms with Crippen LogP contribution >= 0.6 is 0 Å². The summed E-state index contributed by atoms with van der Waals surface area (Å²) in [5, 5.41) is 0. The monoisotopic (exact) mass is 236 g/mol. The van der Waals surface area contributed by atoms with E-state index in [0.29, 0.717) is 0 Å². The van der Waals surface area contributed by atoms with Crippen LogP contribution in [0.15, 0.2) is 42.5 Å². The fourth-order valence-corrected chi connectivity index (χ4v) is 2.41. The molecule has 0 N–H and O–H groups in total. The molecule has 90 valence electrons. The predicted octanol–water partition coefficient (Wildman–Crippen LogP) is 3.93. The van der Waals surface area contributed by atoms with Gasteiger partial charge in [0.15, 0.2) is 0 Å². The Morgan fingerprint density at radius 2 is 1.61 bits per heavy atom. The first-order valence-corrected chi connectivity index (χ1v) is 6.18. The van der Waals surface area contributed by atoms with Crippen molar-refractivity contribution in [1.29, 1.82) is 0 Å². The quantitative estimate of drug-likeness (QED) is 0.626. The Morgan fingerprint density at radius 3 is 2.28 bits per heavy atom. The van der Waals surface area contributed by atoms with E-state index in [2.05, 4.69) is 67.6 Å². The number of pyridine rings is 1. The third kappa shape index (κ3) is 1.61. The number of benzene rings is 1. The van der Waals surface area contributed by atoms with Gasteiger partial charge in [0.2, 0.25) is 0 Å². The number of aryl methyl sites for hydroxylation is 3. The number of imidazole rings is 1. The van der Waals surface area contributed by atoms with Crippen molar-refractivity contribution in [2.45, 2.75) is 20.8 Å². The number of nitrogens with zero attached hydrogens (tertiary/aromatic N) is 2. The number of aromatic nitrogens is 2. The lowest BCUT2D eigenvalue weighted by Crippen LogP contribution is -1.92. The molecule has 1 aromatic carbocycles. The molecule has 0 radical (unpaired) electrons. The molecule has 3 aromatic rings. The number of rotatable bonds is 1. The van der Waals surface area contributed by atoms with Gasteiger partial charge in [-0.25, -0.2) is 4.98 Å². The second-order valence-corrected chi connectivity index (χ2v) is 4.77. The second-order valence-electron chi connectivity index (χ2n) is 4.77. The lowest BCUT2D eigenvalue weighted by molar-refractivity contribution is 1.04. The molecule has 0 aliphatic heterocycles. The summed E-state index contributed by atoms with van der Waals surface area (Å²) in [6.45, 7) is 6.34. The van der Waals surface area contributed by atoms with Gasteiger partial charge in [-0.1, -0.05) is 35.9 Å². The third-order valence-electron chi connectivity index (χ3n) is 3.39. The Bertz CT molecular complexity index is 706. The normalized spacial score (nSPS) is 11.1. The minimum Gasteiger partial charge on any atom is -0.301 e. The van der Waals surface area contributed by atoms with Crippen LogP contribution in [0, 0.1) is 20.8 Å². The molecular formula is C16H16N2. The van der Waals surface area contributed by atoms with E-state index < -0.39 is 0 Å². The van der Waals surface area contributed by atoms with E-state index in [4.69, 9.17) is 4.98 Å². The summed E-state index contributed by atoms with van der Waals surface area (Å²) in [6.07, 6.45) is 0. The SMILES string of the molecule is Cc1ccc(-c2nc3cccc(C)n3c2C)cc1. The average molecular weight is 236 g/mol. The molecule has 0 unspecified atom stereocenters. The largest absolute Gasteiger partial charge is 0.301 e. The van der Waals surface area contributed by atoms with Gasteiger partial charge in [0, 0.05) is 17.0 Å². The second kappa shape index (κ2) is 3.98. The first-order chi connectivity index (χ1) is 8.66. The van der Waals surface area contributed by atoms with Crippen molar-refractivity contribution >= 4 is 5.65 Å². The summed E-state index contributed by atoms with van der Waals surface area (Å²) in [5.41, 5.74) is 6.97. The Labute approximate surface area is 107 Å². The fraction of sp³-hybridized carbons (Fsp3) is 0.188. The summed E-state index contributed by atoms with van der Waals surface area (Å²) < 4.78 is 2.20. The van der Waals surface area contributed by atoms with Crippen molar-refractivity contribution in [3.05, 3.63) is 59.4 Å². The van der Waals surface area contributed by atoms with Crippen LogP contribution in [0.1, 0.15) is 17.0 Å². The zero-order valence-electron chi connectivity index (χ0n) is 10.9. The molecule has 18 heavy (non-hydrogen) atoms. The van der Waals surface area contributed by atoms with E-state index in [1.165, 1.54) is 22.5 Å². The minimum atomic E-state index is 1.02. The van der Waals surface area contributed by atoms with E-state index in [1.54, 1.807) is 0 Å². The van der Waals surface area contributed by atoms with E-state index in [9.17, 15) is 0 Å². The topological polar surface area (TPSA) is 17.3 Å². The molecule has 0 atom stereocenters. The van der Waals surface area contributed by atoms with Gasteiger partial charge in [0.05, 0.1) is 5.69 Å². The third-order valence-corrected chi connectivity index (χ3v) is 3.39. The van der Waals surface area contributed by atoms with Crippen molar-refractivity contribution < 1.29 is 0 Å². The van der Waals surface area contributed by atoms with Gasteiger partial charge in [-0.05, 0) is 32.9 Å². The lowest BCUT2D eigenvalue weighted by Gasteiger charge is -2.02. The molecule has 0 spiro atoms. The Balaban J connectivity index is 2.27.